The fourth-order valence-electron chi connectivity index (χ4n) is 5.50. The van der Waals surface area contributed by atoms with Crippen LogP contribution < -0.4 is 24.4 Å². The number of aliphatic hydroxyl groups is 1. The van der Waals surface area contributed by atoms with Crippen molar-refractivity contribution < 1.29 is 44.9 Å². The van der Waals surface area contributed by atoms with Gasteiger partial charge in [-0.15, -0.1) is 0 Å². The third kappa shape index (κ3) is 7.58. The fraction of sp³-hybridized carbons (Fsp3) is 0.593. The number of fused-ring (bicyclic) bond motifs is 1. The van der Waals surface area contributed by atoms with Gasteiger partial charge in [-0.3, -0.25) is 0 Å². The molecule has 13 nitrogen and oxygen atoms in total. The van der Waals surface area contributed by atoms with Gasteiger partial charge in [0.25, 0.3) is 6.43 Å². The molecule has 3 aliphatic rings. The summed E-state index contributed by atoms with van der Waals surface area (Å²) in [6, 6.07) is 6.93. The van der Waals surface area contributed by atoms with E-state index in [-0.39, 0.29) is 34.7 Å². The zero-order valence-electron chi connectivity index (χ0n) is 24.2. The van der Waals surface area contributed by atoms with Gasteiger partial charge in [0.2, 0.25) is 25.9 Å². The van der Waals surface area contributed by atoms with Crippen molar-refractivity contribution in [2.75, 3.05) is 64.5 Å². The van der Waals surface area contributed by atoms with Gasteiger partial charge in [-0.05, 0) is 37.5 Å². The number of hydrogen-bond acceptors (Lipinski definition) is 11. The highest BCUT2D eigenvalue weighted by Gasteiger charge is 2.45. The highest BCUT2D eigenvalue weighted by molar-refractivity contribution is 7.89. The van der Waals surface area contributed by atoms with Crippen molar-refractivity contribution in [3.05, 3.63) is 36.5 Å². The molecule has 1 aromatic heterocycles. The number of piperidine rings is 1. The van der Waals surface area contributed by atoms with E-state index < -0.39 is 44.7 Å². The molecule has 1 aromatic carbocycles. The molecule has 2 atom stereocenters. The Labute approximate surface area is 255 Å². The number of aliphatic hydroxyl groups excluding tert-OH is 1. The largest absolute Gasteiger partial charge is 0.491 e. The number of aromatic nitrogens is 1. The summed E-state index contributed by atoms with van der Waals surface area (Å²) in [4.78, 5) is 6.04. The molecule has 3 aliphatic heterocycles. The lowest BCUT2D eigenvalue weighted by Crippen LogP contribution is -2.47. The quantitative estimate of drug-likeness (QED) is 0.295. The summed E-state index contributed by atoms with van der Waals surface area (Å²) in [6.07, 6.45) is -0.692. The maximum atomic E-state index is 13.4. The summed E-state index contributed by atoms with van der Waals surface area (Å²) >= 11 is 0. The van der Waals surface area contributed by atoms with E-state index >= 15 is 0 Å². The Balaban J connectivity index is 1.07. The second-order valence-electron chi connectivity index (χ2n) is 11.2. The maximum Gasteiger partial charge on any atom is 0.251 e. The first-order valence-corrected chi connectivity index (χ1v) is 17.2. The van der Waals surface area contributed by atoms with Crippen molar-refractivity contribution in [3.63, 3.8) is 0 Å². The number of likely N-dealkylation sites (N-methyl/N-ethyl adjacent to an activating group) is 1. The highest BCUT2D eigenvalue weighted by Crippen LogP contribution is 2.38. The number of hydrogen-bond donors (Lipinski definition) is 3. The van der Waals surface area contributed by atoms with Crippen LogP contribution in [0.15, 0.2) is 46.3 Å². The molecule has 0 aliphatic carbocycles. The number of rotatable bonds is 12. The predicted octanol–water partition coefficient (Wildman–Crippen LogP) is 0.795. The number of nitrogens with zero attached hydrogens (tertiary/aromatic N) is 3. The summed E-state index contributed by atoms with van der Waals surface area (Å²) in [5.41, 5.74) is 0.185. The lowest BCUT2D eigenvalue weighted by atomic mass is 9.88. The summed E-state index contributed by atoms with van der Waals surface area (Å²) < 4.78 is 96.4. The Bertz CT molecular complexity index is 1520. The molecule has 0 radical (unpaired) electrons. The second-order valence-corrected chi connectivity index (χ2v) is 14.9. The van der Waals surface area contributed by atoms with E-state index in [4.69, 9.17) is 14.2 Å². The number of alkyl halides is 2. The van der Waals surface area contributed by atoms with Gasteiger partial charge < -0.3 is 29.5 Å². The van der Waals surface area contributed by atoms with Gasteiger partial charge in [0.05, 0.1) is 36.4 Å². The van der Waals surface area contributed by atoms with Gasteiger partial charge in [-0.25, -0.2) is 35.3 Å². The summed E-state index contributed by atoms with van der Waals surface area (Å²) in [5.74, 6) is 0.590. The number of anilines is 1. The normalized spacial score (nSPS) is 21.3. The van der Waals surface area contributed by atoms with Crippen LogP contribution in [0.2, 0.25) is 0 Å². The third-order valence-corrected chi connectivity index (χ3v) is 11.3. The first-order valence-electron chi connectivity index (χ1n) is 14.3. The molecule has 2 saturated heterocycles. The highest BCUT2D eigenvalue weighted by atomic mass is 32.2. The molecular weight excluding hydrogens is 624 g/mol. The van der Waals surface area contributed by atoms with Crippen LogP contribution in [0.4, 0.5) is 14.5 Å². The molecule has 0 saturated carbocycles. The summed E-state index contributed by atoms with van der Waals surface area (Å²) in [6.45, 7) is 1.22. The van der Waals surface area contributed by atoms with E-state index in [1.807, 2.05) is 16.7 Å². The molecule has 4 heterocycles. The van der Waals surface area contributed by atoms with Crippen molar-refractivity contribution in [2.24, 2.45) is 0 Å². The number of pyridine rings is 1. The fourth-order valence-corrected chi connectivity index (χ4v) is 7.94. The minimum absolute atomic E-state index is 0.0532. The first-order chi connectivity index (χ1) is 20.9. The van der Waals surface area contributed by atoms with Crippen molar-refractivity contribution in [1.82, 2.24) is 19.3 Å². The van der Waals surface area contributed by atoms with E-state index in [9.17, 15) is 30.7 Å². The third-order valence-electron chi connectivity index (χ3n) is 7.99. The Morgan fingerprint density at radius 1 is 1.14 bits per heavy atom. The Morgan fingerprint density at radius 3 is 2.66 bits per heavy atom. The van der Waals surface area contributed by atoms with Crippen LogP contribution in [0.5, 0.6) is 11.6 Å². The zero-order valence-corrected chi connectivity index (χ0v) is 25.8. The van der Waals surface area contributed by atoms with Gasteiger partial charge >= 0.3 is 0 Å². The number of ether oxygens (including phenoxy) is 3. The molecule has 3 N–H and O–H groups in total. The van der Waals surface area contributed by atoms with E-state index in [2.05, 4.69) is 10.3 Å². The average Bonchev–Trinajstić information content (AvgIpc) is 3.40. The lowest BCUT2D eigenvalue weighted by Gasteiger charge is -2.38. The number of benzene rings is 1. The van der Waals surface area contributed by atoms with Crippen molar-refractivity contribution in [1.29, 1.82) is 0 Å². The van der Waals surface area contributed by atoms with Crippen LogP contribution in [0, 0.1) is 0 Å². The van der Waals surface area contributed by atoms with E-state index in [0.29, 0.717) is 63.7 Å². The van der Waals surface area contributed by atoms with Crippen LogP contribution in [0.3, 0.4) is 0 Å². The smallest absolute Gasteiger partial charge is 0.251 e. The first kappa shape index (κ1) is 32.7. The zero-order chi connectivity index (χ0) is 31.5. The van der Waals surface area contributed by atoms with Crippen molar-refractivity contribution in [3.8, 4) is 11.6 Å². The second kappa shape index (κ2) is 13.4. The predicted molar refractivity (Wildman–Crippen MR) is 155 cm³/mol. The van der Waals surface area contributed by atoms with Gasteiger partial charge in [0.15, 0.2) is 0 Å². The number of nitrogens with one attached hydrogen (secondary N) is 2. The van der Waals surface area contributed by atoms with Gasteiger partial charge in [-0.1, -0.05) is 6.07 Å². The maximum absolute atomic E-state index is 13.4. The summed E-state index contributed by atoms with van der Waals surface area (Å²) in [7, 11) is -6.00. The number of halogens is 2. The lowest BCUT2D eigenvalue weighted by molar-refractivity contribution is -0.0312. The average molecular weight is 662 g/mol. The molecule has 2 fully saturated rings. The number of sulfonamides is 2. The molecule has 0 bridgehead atoms. The minimum atomic E-state index is -4.13. The minimum Gasteiger partial charge on any atom is -0.491 e. The molecule has 1 spiro atoms. The van der Waals surface area contributed by atoms with Crippen LogP contribution >= 0.6 is 0 Å². The summed E-state index contributed by atoms with van der Waals surface area (Å²) in [5, 5.41) is 13.7. The van der Waals surface area contributed by atoms with E-state index in [1.54, 1.807) is 6.07 Å². The molecule has 17 heteroatoms. The molecule has 244 valence electrons. The van der Waals surface area contributed by atoms with Crippen LogP contribution in [0.1, 0.15) is 19.3 Å². The van der Waals surface area contributed by atoms with Gasteiger partial charge in [-0.2, -0.15) is 4.31 Å². The Hall–Kier alpha value is -2.67. The van der Waals surface area contributed by atoms with Crippen LogP contribution in [-0.4, -0.2) is 115 Å². The topological polar surface area (TPSA) is 160 Å². The van der Waals surface area contributed by atoms with E-state index in [1.165, 1.54) is 34.8 Å². The van der Waals surface area contributed by atoms with Crippen LogP contribution in [0.25, 0.3) is 0 Å². The van der Waals surface area contributed by atoms with Gasteiger partial charge in [0.1, 0.15) is 35.7 Å². The van der Waals surface area contributed by atoms with Crippen LogP contribution in [-0.2, 0) is 24.8 Å². The molecule has 1 unspecified atom stereocenters. The van der Waals surface area contributed by atoms with Crippen molar-refractivity contribution in [2.45, 2.75) is 53.2 Å². The molecular formula is C27H37F2N5O8S2. The molecule has 0 amide bonds. The molecule has 5 rings (SSSR count). The molecule has 2 aromatic rings. The Morgan fingerprint density at radius 2 is 1.91 bits per heavy atom. The monoisotopic (exact) mass is 661 g/mol. The van der Waals surface area contributed by atoms with Gasteiger partial charge in [0, 0.05) is 38.8 Å². The van der Waals surface area contributed by atoms with Crippen molar-refractivity contribution >= 4 is 25.7 Å². The SMILES string of the molecule is CN1CCOc2ncc(S(=O)(=O)N3CCC4(CC3)C[C@@H](NCC(O)COc3cccc(S(=O)(=O)NCC(F)F)c3)CO4)cc21. The standard InChI is InChI=1S/C27H37F2N5O8S2/c1-33-9-10-40-26-24(33)12-23(15-31-26)44(38,39)34-7-5-27(6-8-34)13-19(17-42-27)30-14-20(35)18-41-21-3-2-4-22(11-21)43(36,37)32-16-25(28)29/h2-4,11-12,15,19-20,25,30,32,35H,5-10,13-14,16-18H2,1H3/t19-,20?/m1/s1. The van der Waals surface area contributed by atoms with E-state index in [0.717, 1.165) is 0 Å². The Kier molecular flexibility index (Phi) is 9.93. The molecule has 44 heavy (non-hydrogen) atoms.